The third-order valence-electron chi connectivity index (χ3n) is 4.17. The van der Waals surface area contributed by atoms with Gasteiger partial charge in [0.25, 0.3) is 5.91 Å². The summed E-state index contributed by atoms with van der Waals surface area (Å²) in [4.78, 5) is 24.9. The third-order valence-corrected chi connectivity index (χ3v) is 4.17. The molecule has 1 amide bonds. The first kappa shape index (κ1) is 16.0. The van der Waals surface area contributed by atoms with E-state index < -0.39 is 0 Å². The molecule has 0 bridgehead atoms. The number of pyridine rings is 2. The second-order valence-corrected chi connectivity index (χ2v) is 6.01. The molecule has 0 fully saturated rings. The third kappa shape index (κ3) is 3.30. The molecule has 1 aromatic carbocycles. The molecule has 2 aromatic heterocycles. The van der Waals surface area contributed by atoms with Crippen LogP contribution in [0.1, 0.15) is 16.8 Å². The molecular formula is C20H17N5O. The standard InChI is InChI=1S/C20H17N5O/c1-13-5-2-3-6-14(13)12-22-20-24-18(19(26)25-20)11-15-8-9-16-17(23-15)7-4-10-21-16/h2-11H,12H2,1H3,(H2,22,24,25,26). The van der Waals surface area contributed by atoms with Gasteiger partial charge in [0.2, 0.25) is 5.96 Å². The molecular weight excluding hydrogens is 326 g/mol. The molecule has 0 saturated heterocycles. The molecule has 0 atom stereocenters. The summed E-state index contributed by atoms with van der Waals surface area (Å²) < 4.78 is 0. The molecule has 0 unspecified atom stereocenters. The van der Waals surface area contributed by atoms with Crippen LogP contribution in [0, 0.1) is 6.92 Å². The number of benzene rings is 1. The Morgan fingerprint density at radius 1 is 1.08 bits per heavy atom. The molecule has 128 valence electrons. The van der Waals surface area contributed by atoms with Gasteiger partial charge in [0.15, 0.2) is 0 Å². The molecule has 4 rings (SSSR count). The molecule has 0 spiro atoms. The van der Waals surface area contributed by atoms with Crippen LogP contribution in [0.2, 0.25) is 0 Å². The topological polar surface area (TPSA) is 79.3 Å². The van der Waals surface area contributed by atoms with Crippen LogP contribution in [-0.2, 0) is 11.3 Å². The van der Waals surface area contributed by atoms with Gasteiger partial charge >= 0.3 is 0 Å². The summed E-state index contributed by atoms with van der Waals surface area (Å²) in [5.74, 6) is 0.136. The van der Waals surface area contributed by atoms with Crippen molar-refractivity contribution in [3.8, 4) is 0 Å². The first-order valence-corrected chi connectivity index (χ1v) is 8.31. The Hall–Kier alpha value is -3.54. The van der Waals surface area contributed by atoms with Crippen LogP contribution in [0.3, 0.4) is 0 Å². The maximum absolute atomic E-state index is 12.1. The van der Waals surface area contributed by atoms with Crippen LogP contribution in [0.25, 0.3) is 17.1 Å². The summed E-state index contributed by atoms with van der Waals surface area (Å²) in [5, 5.41) is 6.18. The largest absolute Gasteiger partial charge is 0.352 e. The number of amides is 1. The lowest BCUT2D eigenvalue weighted by atomic mass is 10.1. The summed E-state index contributed by atoms with van der Waals surface area (Å²) in [6.07, 6.45) is 3.42. The predicted molar refractivity (Wildman–Crippen MR) is 101 cm³/mol. The van der Waals surface area contributed by atoms with E-state index in [-0.39, 0.29) is 5.91 Å². The summed E-state index contributed by atoms with van der Waals surface area (Å²) in [6, 6.07) is 15.5. The molecule has 6 nitrogen and oxygen atoms in total. The molecule has 6 heteroatoms. The highest BCUT2D eigenvalue weighted by molar-refractivity contribution is 6.12. The van der Waals surface area contributed by atoms with Gasteiger partial charge in [0, 0.05) is 12.7 Å². The fraction of sp³-hybridized carbons (Fsp3) is 0.100. The number of aromatic nitrogens is 2. The number of hydrogen-bond acceptors (Lipinski definition) is 5. The van der Waals surface area contributed by atoms with Crippen molar-refractivity contribution in [3.05, 3.63) is 77.2 Å². The van der Waals surface area contributed by atoms with E-state index in [1.54, 1.807) is 12.3 Å². The fourth-order valence-corrected chi connectivity index (χ4v) is 2.74. The first-order chi connectivity index (χ1) is 12.7. The van der Waals surface area contributed by atoms with Gasteiger partial charge in [-0.15, -0.1) is 0 Å². The SMILES string of the molecule is Cc1ccccc1CNC1=NC(=O)C(=Cc2ccc3ncccc3n2)N1. The van der Waals surface area contributed by atoms with E-state index in [2.05, 4.69) is 38.6 Å². The van der Waals surface area contributed by atoms with Crippen LogP contribution in [0.4, 0.5) is 0 Å². The van der Waals surface area contributed by atoms with Gasteiger partial charge in [0.1, 0.15) is 5.70 Å². The van der Waals surface area contributed by atoms with Crippen molar-refractivity contribution in [2.24, 2.45) is 4.99 Å². The normalized spacial score (nSPS) is 15.2. The average Bonchev–Trinajstić information content (AvgIpc) is 3.00. The van der Waals surface area contributed by atoms with E-state index in [9.17, 15) is 4.79 Å². The zero-order valence-corrected chi connectivity index (χ0v) is 14.2. The van der Waals surface area contributed by atoms with Crippen molar-refractivity contribution in [2.75, 3.05) is 0 Å². The number of aryl methyl sites for hydroxylation is 1. The van der Waals surface area contributed by atoms with Crippen LogP contribution in [0.5, 0.6) is 0 Å². The Balaban J connectivity index is 1.48. The summed E-state index contributed by atoms with van der Waals surface area (Å²) in [5.41, 5.74) is 5.02. The van der Waals surface area contributed by atoms with E-state index in [0.29, 0.717) is 23.9 Å². The van der Waals surface area contributed by atoms with Gasteiger partial charge in [-0.25, -0.2) is 4.98 Å². The van der Waals surface area contributed by atoms with E-state index >= 15 is 0 Å². The number of nitrogens with one attached hydrogen (secondary N) is 2. The van der Waals surface area contributed by atoms with Gasteiger partial charge in [-0.3, -0.25) is 9.78 Å². The molecule has 1 aliphatic rings. The molecule has 0 saturated carbocycles. The number of carbonyl (C=O) groups is 1. The van der Waals surface area contributed by atoms with Crippen LogP contribution in [-0.4, -0.2) is 21.8 Å². The zero-order valence-electron chi connectivity index (χ0n) is 14.2. The Labute approximate surface area is 150 Å². The van der Waals surface area contributed by atoms with Crippen molar-refractivity contribution in [3.63, 3.8) is 0 Å². The minimum absolute atomic E-state index is 0.314. The lowest BCUT2D eigenvalue weighted by Crippen LogP contribution is -2.32. The molecule has 0 aliphatic carbocycles. The smallest absolute Gasteiger partial charge is 0.296 e. The molecule has 0 radical (unpaired) electrons. The lowest BCUT2D eigenvalue weighted by Gasteiger charge is -2.08. The fourth-order valence-electron chi connectivity index (χ4n) is 2.74. The highest BCUT2D eigenvalue weighted by atomic mass is 16.2. The van der Waals surface area contributed by atoms with Gasteiger partial charge in [0.05, 0.1) is 16.7 Å². The summed E-state index contributed by atoms with van der Waals surface area (Å²) >= 11 is 0. The maximum Gasteiger partial charge on any atom is 0.296 e. The van der Waals surface area contributed by atoms with Gasteiger partial charge in [-0.05, 0) is 48.4 Å². The monoisotopic (exact) mass is 343 g/mol. The first-order valence-electron chi connectivity index (χ1n) is 8.31. The van der Waals surface area contributed by atoms with E-state index in [1.165, 1.54) is 5.56 Å². The van der Waals surface area contributed by atoms with Gasteiger partial charge < -0.3 is 10.6 Å². The van der Waals surface area contributed by atoms with E-state index in [0.717, 1.165) is 16.6 Å². The number of rotatable bonds is 3. The number of aliphatic imine (C=N–C) groups is 1. The second-order valence-electron chi connectivity index (χ2n) is 6.01. The number of hydrogen-bond donors (Lipinski definition) is 2. The van der Waals surface area contributed by atoms with Crippen molar-refractivity contribution in [1.82, 2.24) is 20.6 Å². The average molecular weight is 343 g/mol. The molecule has 3 aromatic rings. The van der Waals surface area contributed by atoms with E-state index in [1.807, 2.05) is 42.5 Å². The van der Waals surface area contributed by atoms with E-state index in [4.69, 9.17) is 0 Å². The van der Waals surface area contributed by atoms with Crippen molar-refractivity contribution >= 4 is 29.0 Å². The molecule has 1 aliphatic heterocycles. The zero-order chi connectivity index (χ0) is 17.9. The Morgan fingerprint density at radius 2 is 1.96 bits per heavy atom. The molecule has 26 heavy (non-hydrogen) atoms. The Morgan fingerprint density at radius 3 is 2.85 bits per heavy atom. The Kier molecular flexibility index (Phi) is 4.15. The highest BCUT2D eigenvalue weighted by Gasteiger charge is 2.20. The van der Waals surface area contributed by atoms with Crippen molar-refractivity contribution in [2.45, 2.75) is 13.5 Å². The minimum Gasteiger partial charge on any atom is -0.352 e. The quantitative estimate of drug-likeness (QED) is 0.715. The lowest BCUT2D eigenvalue weighted by molar-refractivity contribution is -0.114. The minimum atomic E-state index is -0.314. The number of guanidine groups is 1. The molecule has 2 N–H and O–H groups in total. The number of nitrogens with zero attached hydrogens (tertiary/aromatic N) is 3. The summed E-state index contributed by atoms with van der Waals surface area (Å²) in [7, 11) is 0. The van der Waals surface area contributed by atoms with Crippen molar-refractivity contribution < 1.29 is 4.79 Å². The summed E-state index contributed by atoms with van der Waals surface area (Å²) in [6.45, 7) is 2.65. The second kappa shape index (κ2) is 6.76. The predicted octanol–water partition coefficient (Wildman–Crippen LogP) is 2.55. The maximum atomic E-state index is 12.1. The highest BCUT2D eigenvalue weighted by Crippen LogP contribution is 2.13. The van der Waals surface area contributed by atoms with Crippen LogP contribution in [0.15, 0.2) is 65.4 Å². The number of carbonyl (C=O) groups excluding carboxylic acids is 1. The van der Waals surface area contributed by atoms with Crippen molar-refractivity contribution in [1.29, 1.82) is 0 Å². The number of fused-ring (bicyclic) bond motifs is 1. The van der Waals surface area contributed by atoms with Gasteiger partial charge in [-0.2, -0.15) is 4.99 Å². The van der Waals surface area contributed by atoms with Crippen LogP contribution >= 0.6 is 0 Å². The van der Waals surface area contributed by atoms with Crippen LogP contribution < -0.4 is 10.6 Å². The molecule has 3 heterocycles. The Bertz CT molecular complexity index is 1050. The van der Waals surface area contributed by atoms with Gasteiger partial charge in [-0.1, -0.05) is 24.3 Å².